The minimum Gasteiger partial charge on any atom is -0.488 e. The first-order chi connectivity index (χ1) is 11.9. The lowest BCUT2D eigenvalue weighted by Crippen LogP contribution is -2.40. The predicted molar refractivity (Wildman–Crippen MR) is 97.3 cm³/mol. The van der Waals surface area contributed by atoms with E-state index in [0.717, 1.165) is 24.6 Å². The highest BCUT2D eigenvalue weighted by atomic mass is 16.5. The zero-order valence-corrected chi connectivity index (χ0v) is 14.3. The summed E-state index contributed by atoms with van der Waals surface area (Å²) in [6.45, 7) is 3.53. The smallest absolute Gasteiger partial charge is 0.123 e. The molecular weight excluding hydrogens is 294 g/mol. The molecular formula is C22H26NO. The van der Waals surface area contributed by atoms with Crippen molar-refractivity contribution in [2.24, 2.45) is 5.92 Å². The number of ether oxygens (including phenoxy) is 1. The van der Waals surface area contributed by atoms with E-state index < -0.39 is 0 Å². The van der Waals surface area contributed by atoms with Gasteiger partial charge in [0.15, 0.2) is 0 Å². The van der Waals surface area contributed by atoms with Crippen LogP contribution in [0.4, 0.5) is 0 Å². The van der Waals surface area contributed by atoms with Gasteiger partial charge in [0.25, 0.3) is 0 Å². The van der Waals surface area contributed by atoms with Gasteiger partial charge >= 0.3 is 0 Å². The summed E-state index contributed by atoms with van der Waals surface area (Å²) in [5.74, 6) is 1.97. The number of aryl methyl sites for hydroxylation is 1. The summed E-state index contributed by atoms with van der Waals surface area (Å²) in [5.41, 5.74) is 2.80. The van der Waals surface area contributed by atoms with Gasteiger partial charge in [-0.1, -0.05) is 42.5 Å². The molecule has 1 atom stereocenters. The Morgan fingerprint density at radius 1 is 1.08 bits per heavy atom. The molecule has 0 amide bonds. The summed E-state index contributed by atoms with van der Waals surface area (Å²) in [4.78, 5) is 2.60. The molecule has 2 aliphatic heterocycles. The summed E-state index contributed by atoms with van der Waals surface area (Å²) in [7, 11) is 0. The van der Waals surface area contributed by atoms with Crippen molar-refractivity contribution in [3.63, 3.8) is 0 Å². The van der Waals surface area contributed by atoms with Gasteiger partial charge in [-0.2, -0.15) is 0 Å². The first-order valence-corrected chi connectivity index (χ1v) is 9.29. The summed E-state index contributed by atoms with van der Waals surface area (Å²) in [6, 6.07) is 20.1. The molecule has 0 spiro atoms. The van der Waals surface area contributed by atoms with Crippen LogP contribution < -0.4 is 4.74 Å². The minimum absolute atomic E-state index is 0.346. The number of likely N-dealkylation sites (tertiary alicyclic amines) is 1. The van der Waals surface area contributed by atoms with Gasteiger partial charge in [-0.15, -0.1) is 0 Å². The molecule has 1 unspecified atom stereocenters. The van der Waals surface area contributed by atoms with Gasteiger partial charge in [-0.25, -0.2) is 0 Å². The van der Waals surface area contributed by atoms with Crippen LogP contribution in [0.15, 0.2) is 48.5 Å². The molecule has 0 N–H and O–H groups in total. The summed E-state index contributed by atoms with van der Waals surface area (Å²) >= 11 is 0. The molecule has 1 saturated heterocycles. The predicted octanol–water partition coefficient (Wildman–Crippen LogP) is 4.14. The molecule has 2 aromatic rings. The van der Waals surface area contributed by atoms with Crippen LogP contribution >= 0.6 is 0 Å². The van der Waals surface area contributed by atoms with E-state index in [9.17, 15) is 0 Å². The molecule has 125 valence electrons. The van der Waals surface area contributed by atoms with E-state index in [1.165, 1.54) is 49.9 Å². The van der Waals surface area contributed by atoms with Crippen molar-refractivity contribution in [2.75, 3.05) is 19.6 Å². The highest BCUT2D eigenvalue weighted by molar-refractivity contribution is 5.37. The Hall–Kier alpha value is -1.80. The van der Waals surface area contributed by atoms with Crippen molar-refractivity contribution < 1.29 is 4.74 Å². The van der Waals surface area contributed by atoms with E-state index in [1.54, 1.807) is 0 Å². The van der Waals surface area contributed by atoms with Crippen molar-refractivity contribution in [3.05, 3.63) is 65.7 Å². The van der Waals surface area contributed by atoms with Crippen LogP contribution in [-0.2, 0) is 12.8 Å². The second-order valence-corrected chi connectivity index (χ2v) is 7.25. The van der Waals surface area contributed by atoms with Crippen molar-refractivity contribution in [1.29, 1.82) is 0 Å². The van der Waals surface area contributed by atoms with E-state index in [4.69, 9.17) is 4.74 Å². The fourth-order valence-electron chi connectivity index (χ4n) is 4.06. The quantitative estimate of drug-likeness (QED) is 0.821. The number of nitrogens with zero attached hydrogens (tertiary/aromatic N) is 1. The average molecular weight is 320 g/mol. The van der Waals surface area contributed by atoms with E-state index in [2.05, 4.69) is 53.4 Å². The van der Waals surface area contributed by atoms with E-state index in [-0.39, 0.29) is 0 Å². The standard InChI is InChI=1S/C22H26NO/c1-2-6-18(7-3-1)10-11-19-12-14-23(15-13-19)17-21-16-20-8-4-5-9-22(20)24-21/h1-2,4-9,19,21H,10-17H2. The number of fused-ring (bicyclic) bond motifs is 1. The van der Waals surface area contributed by atoms with Gasteiger partial charge < -0.3 is 4.74 Å². The molecule has 1 radical (unpaired) electrons. The van der Waals surface area contributed by atoms with Gasteiger partial charge in [-0.05, 0) is 68.0 Å². The number of para-hydroxylation sites is 1. The number of hydrogen-bond acceptors (Lipinski definition) is 2. The average Bonchev–Trinajstić information content (AvgIpc) is 3.04. The topological polar surface area (TPSA) is 12.5 Å². The van der Waals surface area contributed by atoms with Crippen molar-refractivity contribution in [1.82, 2.24) is 4.90 Å². The lowest BCUT2D eigenvalue weighted by molar-refractivity contribution is 0.115. The normalized spacial score (nSPS) is 21.4. The molecule has 2 aromatic carbocycles. The molecule has 0 saturated carbocycles. The maximum atomic E-state index is 6.10. The second kappa shape index (κ2) is 7.40. The zero-order valence-electron chi connectivity index (χ0n) is 14.3. The van der Waals surface area contributed by atoms with Gasteiger partial charge in [0.05, 0.1) is 0 Å². The van der Waals surface area contributed by atoms with Gasteiger partial charge in [0, 0.05) is 13.0 Å². The molecule has 1 fully saturated rings. The van der Waals surface area contributed by atoms with Crippen LogP contribution in [0, 0.1) is 12.0 Å². The molecule has 4 rings (SSSR count). The van der Waals surface area contributed by atoms with Crippen LogP contribution in [-0.4, -0.2) is 30.6 Å². The Morgan fingerprint density at radius 2 is 1.96 bits per heavy atom. The molecule has 2 heteroatoms. The zero-order chi connectivity index (χ0) is 16.2. The Morgan fingerprint density at radius 3 is 2.75 bits per heavy atom. The number of rotatable bonds is 5. The maximum Gasteiger partial charge on any atom is 0.123 e. The first-order valence-electron chi connectivity index (χ1n) is 9.29. The maximum absolute atomic E-state index is 6.10. The molecule has 2 heterocycles. The van der Waals surface area contributed by atoms with Crippen LogP contribution in [0.3, 0.4) is 0 Å². The van der Waals surface area contributed by atoms with Crippen LogP contribution in [0.25, 0.3) is 0 Å². The lowest BCUT2D eigenvalue weighted by atomic mass is 9.90. The second-order valence-electron chi connectivity index (χ2n) is 7.25. The fourth-order valence-corrected chi connectivity index (χ4v) is 4.06. The Bertz CT molecular complexity index is 621. The van der Waals surface area contributed by atoms with Gasteiger partial charge in [-0.3, -0.25) is 4.90 Å². The Labute approximate surface area is 145 Å². The largest absolute Gasteiger partial charge is 0.488 e. The van der Waals surface area contributed by atoms with E-state index >= 15 is 0 Å². The molecule has 0 aromatic heterocycles. The van der Waals surface area contributed by atoms with E-state index in [0.29, 0.717) is 6.10 Å². The van der Waals surface area contributed by atoms with Gasteiger partial charge in [0.1, 0.15) is 11.9 Å². The summed E-state index contributed by atoms with van der Waals surface area (Å²) < 4.78 is 6.10. The van der Waals surface area contributed by atoms with E-state index in [1.807, 2.05) is 6.07 Å². The summed E-state index contributed by atoms with van der Waals surface area (Å²) in [5, 5.41) is 0. The fraction of sp³-hybridized carbons (Fsp3) is 0.455. The van der Waals surface area contributed by atoms with Crippen LogP contribution in [0.5, 0.6) is 5.75 Å². The molecule has 0 bridgehead atoms. The first kappa shape index (κ1) is 15.7. The van der Waals surface area contributed by atoms with Gasteiger partial charge in [0.2, 0.25) is 0 Å². The highest BCUT2D eigenvalue weighted by Gasteiger charge is 2.26. The van der Waals surface area contributed by atoms with Crippen molar-refractivity contribution >= 4 is 0 Å². The molecule has 2 aliphatic rings. The summed E-state index contributed by atoms with van der Waals surface area (Å²) in [6.07, 6.45) is 6.59. The van der Waals surface area contributed by atoms with Crippen LogP contribution in [0.2, 0.25) is 0 Å². The Kier molecular flexibility index (Phi) is 4.84. The third kappa shape index (κ3) is 3.81. The third-order valence-electron chi connectivity index (χ3n) is 5.50. The molecule has 24 heavy (non-hydrogen) atoms. The third-order valence-corrected chi connectivity index (χ3v) is 5.50. The molecule has 0 aliphatic carbocycles. The number of hydrogen-bond donors (Lipinski definition) is 0. The van der Waals surface area contributed by atoms with Crippen molar-refractivity contribution in [3.8, 4) is 5.75 Å². The number of piperidine rings is 1. The minimum atomic E-state index is 0.346. The SMILES string of the molecule is [c]1cccc(CCC2CCN(CC3Cc4ccccc4O3)CC2)c1. The van der Waals surface area contributed by atoms with Crippen molar-refractivity contribution in [2.45, 2.75) is 38.2 Å². The number of benzene rings is 2. The monoisotopic (exact) mass is 320 g/mol. The Balaban J connectivity index is 1.20. The lowest BCUT2D eigenvalue weighted by Gasteiger charge is -2.33. The van der Waals surface area contributed by atoms with Crippen LogP contribution in [0.1, 0.15) is 30.4 Å². The molecule has 2 nitrogen and oxygen atoms in total. The highest BCUT2D eigenvalue weighted by Crippen LogP contribution is 2.29.